The Morgan fingerprint density at radius 1 is 1.12 bits per heavy atom. The normalized spacial score (nSPS) is 10.2. The molecule has 0 aliphatic heterocycles. The lowest BCUT2D eigenvalue weighted by atomic mass is 10.0. The molecule has 0 unspecified atom stereocenters. The zero-order valence-corrected chi connectivity index (χ0v) is 14.0. The molecule has 1 N–H and O–H groups in total. The first-order valence-corrected chi connectivity index (χ1v) is 8.45. The van der Waals surface area contributed by atoms with Crippen molar-refractivity contribution in [3.05, 3.63) is 65.0 Å². The molecule has 0 saturated carbocycles. The highest BCUT2D eigenvalue weighted by molar-refractivity contribution is 7.14. The lowest BCUT2D eigenvalue weighted by Gasteiger charge is -2.08. The Morgan fingerprint density at radius 3 is 2.76 bits per heavy atom. The molecule has 5 nitrogen and oxygen atoms in total. The van der Waals surface area contributed by atoms with Gasteiger partial charge in [0, 0.05) is 0 Å². The number of nitriles is 1. The molecule has 0 fully saturated rings. The van der Waals surface area contributed by atoms with Crippen LogP contribution < -0.4 is 5.32 Å². The highest BCUT2D eigenvalue weighted by atomic mass is 32.1. The topological polar surface area (TPSA) is 79.2 Å². The third-order valence-corrected chi connectivity index (χ3v) is 4.45. The van der Waals surface area contributed by atoms with Crippen LogP contribution in [0.1, 0.15) is 11.1 Å². The first-order chi connectivity index (χ1) is 12.2. The van der Waals surface area contributed by atoms with Gasteiger partial charge in [-0.05, 0) is 27.8 Å². The third-order valence-electron chi connectivity index (χ3n) is 3.62. The Labute approximate surface area is 148 Å². The molecule has 6 heteroatoms. The molecule has 0 radical (unpaired) electrons. The zero-order chi connectivity index (χ0) is 17.6. The van der Waals surface area contributed by atoms with E-state index in [-0.39, 0.29) is 13.0 Å². The zero-order valence-electron chi connectivity index (χ0n) is 13.2. The Morgan fingerprint density at radius 2 is 1.92 bits per heavy atom. The largest absolute Gasteiger partial charge is 0.455 e. The summed E-state index contributed by atoms with van der Waals surface area (Å²) < 4.78 is 5.05. The number of benzene rings is 2. The number of hydrogen-bond acceptors (Lipinski definition) is 5. The highest BCUT2D eigenvalue weighted by Crippen LogP contribution is 2.22. The van der Waals surface area contributed by atoms with Crippen molar-refractivity contribution in [3.63, 3.8) is 0 Å². The van der Waals surface area contributed by atoms with Crippen LogP contribution in [0.4, 0.5) is 5.00 Å². The van der Waals surface area contributed by atoms with Crippen LogP contribution in [0.2, 0.25) is 0 Å². The number of anilines is 1. The first kappa shape index (κ1) is 16.7. The number of fused-ring (bicyclic) bond motifs is 1. The Kier molecular flexibility index (Phi) is 5.07. The minimum Gasteiger partial charge on any atom is -0.455 e. The van der Waals surface area contributed by atoms with Crippen LogP contribution >= 0.6 is 11.3 Å². The van der Waals surface area contributed by atoms with Crippen LogP contribution in [0.3, 0.4) is 0 Å². The number of ether oxygens (including phenoxy) is 1. The minimum atomic E-state index is -0.474. The number of nitrogens with zero attached hydrogens (tertiary/aromatic N) is 1. The van der Waals surface area contributed by atoms with Crippen LogP contribution in [-0.2, 0) is 20.7 Å². The number of esters is 1. The molecule has 2 aromatic carbocycles. The molecule has 0 saturated heterocycles. The maximum absolute atomic E-state index is 12.0. The van der Waals surface area contributed by atoms with Gasteiger partial charge in [-0.15, -0.1) is 11.3 Å². The number of thiophene rings is 1. The lowest BCUT2D eigenvalue weighted by Crippen LogP contribution is -2.21. The van der Waals surface area contributed by atoms with E-state index in [0.717, 1.165) is 16.3 Å². The molecule has 0 atom stereocenters. The van der Waals surface area contributed by atoms with Crippen LogP contribution in [0.5, 0.6) is 0 Å². The van der Waals surface area contributed by atoms with E-state index in [0.29, 0.717) is 10.6 Å². The molecule has 25 heavy (non-hydrogen) atoms. The van der Waals surface area contributed by atoms with Gasteiger partial charge < -0.3 is 10.1 Å². The monoisotopic (exact) mass is 350 g/mol. The number of hydrogen-bond donors (Lipinski definition) is 1. The van der Waals surface area contributed by atoms with Gasteiger partial charge in [-0.3, -0.25) is 9.59 Å². The number of carbonyl (C=O) groups excluding carboxylic acids is 2. The van der Waals surface area contributed by atoms with E-state index in [4.69, 9.17) is 10.00 Å². The Bertz CT molecular complexity index is 967. The molecule has 0 spiro atoms. The van der Waals surface area contributed by atoms with Gasteiger partial charge >= 0.3 is 5.97 Å². The third kappa shape index (κ3) is 4.03. The van der Waals surface area contributed by atoms with Crippen molar-refractivity contribution in [2.24, 2.45) is 0 Å². The molecule has 3 rings (SSSR count). The van der Waals surface area contributed by atoms with Crippen molar-refractivity contribution in [1.82, 2.24) is 0 Å². The summed E-state index contributed by atoms with van der Waals surface area (Å²) in [7, 11) is 0. The van der Waals surface area contributed by atoms with Gasteiger partial charge in [-0.1, -0.05) is 42.5 Å². The molecule has 1 aromatic heterocycles. The number of amides is 1. The molecule has 3 aromatic rings. The predicted molar refractivity (Wildman–Crippen MR) is 96.3 cm³/mol. The van der Waals surface area contributed by atoms with Crippen LogP contribution in [0, 0.1) is 11.3 Å². The standard InChI is InChI=1S/C19H14N2O3S/c20-11-15-8-9-25-19(15)21-17(22)12-24-18(23)10-14-6-3-5-13-4-1-2-7-16(13)14/h1-9H,10,12H2,(H,21,22). The summed E-state index contributed by atoms with van der Waals surface area (Å²) in [6.45, 7) is -0.383. The van der Waals surface area contributed by atoms with Crippen molar-refractivity contribution < 1.29 is 14.3 Å². The maximum atomic E-state index is 12.0. The number of rotatable bonds is 5. The molecular weight excluding hydrogens is 336 g/mol. The fourth-order valence-electron chi connectivity index (χ4n) is 2.46. The fourth-order valence-corrected chi connectivity index (χ4v) is 3.21. The second-order valence-corrected chi connectivity index (χ2v) is 6.22. The molecular formula is C19H14N2O3S. The van der Waals surface area contributed by atoms with Gasteiger partial charge in [-0.25, -0.2) is 0 Å². The fraction of sp³-hybridized carbons (Fsp3) is 0.105. The summed E-state index contributed by atoms with van der Waals surface area (Å²) >= 11 is 1.25. The van der Waals surface area contributed by atoms with E-state index in [1.54, 1.807) is 11.4 Å². The van der Waals surface area contributed by atoms with Crippen LogP contribution in [0.15, 0.2) is 53.9 Å². The molecule has 1 heterocycles. The van der Waals surface area contributed by atoms with Crippen molar-refractivity contribution >= 4 is 39.0 Å². The van der Waals surface area contributed by atoms with Gasteiger partial charge in [-0.2, -0.15) is 5.26 Å². The minimum absolute atomic E-state index is 0.0943. The van der Waals surface area contributed by atoms with Gasteiger partial charge in [0.1, 0.15) is 11.1 Å². The first-order valence-electron chi connectivity index (χ1n) is 7.57. The van der Waals surface area contributed by atoms with E-state index in [2.05, 4.69) is 5.32 Å². The van der Waals surface area contributed by atoms with Crippen molar-refractivity contribution in [2.75, 3.05) is 11.9 Å². The maximum Gasteiger partial charge on any atom is 0.310 e. The van der Waals surface area contributed by atoms with E-state index in [9.17, 15) is 9.59 Å². The van der Waals surface area contributed by atoms with Crippen molar-refractivity contribution in [3.8, 4) is 6.07 Å². The smallest absolute Gasteiger partial charge is 0.310 e. The SMILES string of the molecule is N#Cc1ccsc1NC(=O)COC(=O)Cc1cccc2ccccc12. The second kappa shape index (κ2) is 7.60. The van der Waals surface area contributed by atoms with Crippen molar-refractivity contribution in [2.45, 2.75) is 6.42 Å². The molecule has 0 aliphatic rings. The lowest BCUT2D eigenvalue weighted by molar-refractivity contribution is -0.146. The number of carbonyl (C=O) groups is 2. The van der Waals surface area contributed by atoms with Crippen molar-refractivity contribution in [1.29, 1.82) is 5.26 Å². The summed E-state index contributed by atoms with van der Waals surface area (Å²) in [5, 5.41) is 15.7. The summed E-state index contributed by atoms with van der Waals surface area (Å²) in [6, 6.07) is 17.1. The summed E-state index contributed by atoms with van der Waals surface area (Å²) in [5.74, 6) is -0.941. The van der Waals surface area contributed by atoms with Gasteiger partial charge in [0.15, 0.2) is 6.61 Å². The number of nitrogens with one attached hydrogen (secondary N) is 1. The van der Waals surface area contributed by atoms with E-state index < -0.39 is 11.9 Å². The summed E-state index contributed by atoms with van der Waals surface area (Å²) in [6.07, 6.45) is 0.0943. The summed E-state index contributed by atoms with van der Waals surface area (Å²) in [5.41, 5.74) is 1.24. The quantitative estimate of drug-likeness (QED) is 0.714. The van der Waals surface area contributed by atoms with E-state index in [1.165, 1.54) is 11.3 Å². The average Bonchev–Trinajstić information content (AvgIpc) is 3.07. The van der Waals surface area contributed by atoms with E-state index >= 15 is 0 Å². The van der Waals surface area contributed by atoms with E-state index in [1.807, 2.05) is 48.5 Å². The summed E-state index contributed by atoms with van der Waals surface area (Å²) in [4.78, 5) is 23.9. The van der Waals surface area contributed by atoms with Gasteiger partial charge in [0.2, 0.25) is 0 Å². The van der Waals surface area contributed by atoms with Crippen LogP contribution in [-0.4, -0.2) is 18.5 Å². The molecule has 0 bridgehead atoms. The highest BCUT2D eigenvalue weighted by Gasteiger charge is 2.12. The average molecular weight is 350 g/mol. The molecule has 1 amide bonds. The Hall–Kier alpha value is -3.17. The Balaban J connectivity index is 1.58. The molecule has 0 aliphatic carbocycles. The van der Waals surface area contributed by atoms with Gasteiger partial charge in [0.25, 0.3) is 5.91 Å². The molecule has 124 valence electrons. The predicted octanol–water partition coefficient (Wildman–Crippen LogP) is 3.50. The second-order valence-electron chi connectivity index (χ2n) is 5.30. The van der Waals surface area contributed by atoms with Crippen LogP contribution in [0.25, 0.3) is 10.8 Å². The van der Waals surface area contributed by atoms with Gasteiger partial charge in [0.05, 0.1) is 12.0 Å².